The second kappa shape index (κ2) is 4.94. The summed E-state index contributed by atoms with van der Waals surface area (Å²) in [6.45, 7) is 8.38. The number of nitrogens with one attached hydrogen (secondary N) is 1. The molecule has 0 spiro atoms. The zero-order valence-corrected chi connectivity index (χ0v) is 8.34. The van der Waals surface area contributed by atoms with Gasteiger partial charge < -0.3 is 10.2 Å². The van der Waals surface area contributed by atoms with Crippen molar-refractivity contribution in [3.63, 3.8) is 0 Å². The Labute approximate surface area is 80.9 Å². The molecule has 2 heterocycles. The van der Waals surface area contributed by atoms with Gasteiger partial charge in [0.15, 0.2) is 0 Å². The lowest BCUT2D eigenvalue weighted by molar-refractivity contribution is 0.185. The van der Waals surface area contributed by atoms with E-state index in [9.17, 15) is 0 Å². The Hall–Kier alpha value is -0.120. The van der Waals surface area contributed by atoms with Crippen LogP contribution in [0.2, 0.25) is 0 Å². The van der Waals surface area contributed by atoms with Crippen LogP contribution < -0.4 is 10.6 Å². The highest BCUT2D eigenvalue weighted by atomic mass is 15.2. The molecular formula is C10H20N3. The van der Waals surface area contributed by atoms with Gasteiger partial charge in [-0.3, -0.25) is 0 Å². The summed E-state index contributed by atoms with van der Waals surface area (Å²) >= 11 is 0. The van der Waals surface area contributed by atoms with Gasteiger partial charge in [-0.2, -0.15) is 0 Å². The second-order valence-electron chi connectivity index (χ2n) is 4.16. The van der Waals surface area contributed by atoms with Crippen molar-refractivity contribution in [2.45, 2.75) is 12.8 Å². The molecule has 13 heavy (non-hydrogen) atoms. The van der Waals surface area contributed by atoms with Crippen molar-refractivity contribution >= 4 is 0 Å². The summed E-state index contributed by atoms with van der Waals surface area (Å²) in [5.74, 6) is 0.926. The summed E-state index contributed by atoms with van der Waals surface area (Å²) < 4.78 is 0. The van der Waals surface area contributed by atoms with Crippen LogP contribution in [0.4, 0.5) is 0 Å². The minimum absolute atomic E-state index is 0.926. The molecule has 0 amide bonds. The van der Waals surface area contributed by atoms with Crippen molar-refractivity contribution in [2.24, 2.45) is 5.92 Å². The number of piperazine rings is 1. The Bertz CT molecular complexity index is 121. The van der Waals surface area contributed by atoms with Crippen LogP contribution in [0, 0.1) is 5.92 Å². The smallest absolute Gasteiger partial charge is 0.0136 e. The predicted molar refractivity (Wildman–Crippen MR) is 53.9 cm³/mol. The topological polar surface area (TPSA) is 29.4 Å². The summed E-state index contributed by atoms with van der Waals surface area (Å²) in [6, 6.07) is 0. The van der Waals surface area contributed by atoms with Crippen LogP contribution in [0.3, 0.4) is 0 Å². The van der Waals surface area contributed by atoms with Crippen molar-refractivity contribution in [3.8, 4) is 0 Å². The first-order valence-electron chi connectivity index (χ1n) is 5.51. The molecule has 1 N–H and O–H groups in total. The second-order valence-corrected chi connectivity index (χ2v) is 4.16. The number of rotatable bonds is 2. The molecule has 0 atom stereocenters. The molecule has 3 nitrogen and oxygen atoms in total. The monoisotopic (exact) mass is 182 g/mol. The quantitative estimate of drug-likeness (QED) is 0.646. The predicted octanol–water partition coefficient (Wildman–Crippen LogP) is -0.0940. The molecule has 0 unspecified atom stereocenters. The normalized spacial score (nSPS) is 27.7. The van der Waals surface area contributed by atoms with Gasteiger partial charge >= 0.3 is 0 Å². The molecule has 2 saturated heterocycles. The minimum Gasteiger partial charge on any atom is -0.314 e. The summed E-state index contributed by atoms with van der Waals surface area (Å²) in [5.41, 5.74) is 0. The number of hydrogen-bond acceptors (Lipinski definition) is 2. The summed E-state index contributed by atoms with van der Waals surface area (Å²) in [7, 11) is 0. The first-order valence-corrected chi connectivity index (χ1v) is 5.51. The molecule has 0 saturated carbocycles. The highest BCUT2D eigenvalue weighted by Gasteiger charge is 2.18. The highest BCUT2D eigenvalue weighted by Crippen LogP contribution is 2.14. The molecule has 0 bridgehead atoms. The number of nitrogens with zero attached hydrogens (tertiary/aromatic N) is 2. The van der Waals surface area contributed by atoms with Crippen LogP contribution >= 0.6 is 0 Å². The van der Waals surface area contributed by atoms with E-state index in [1.165, 1.54) is 45.6 Å². The van der Waals surface area contributed by atoms with Gasteiger partial charge in [0.2, 0.25) is 0 Å². The first kappa shape index (κ1) is 9.44. The highest BCUT2D eigenvalue weighted by molar-refractivity contribution is 4.75. The Morgan fingerprint density at radius 3 is 2.54 bits per heavy atom. The van der Waals surface area contributed by atoms with E-state index in [1.807, 2.05) is 0 Å². The largest absolute Gasteiger partial charge is 0.314 e. The first-order chi connectivity index (χ1) is 6.45. The third kappa shape index (κ3) is 2.93. The molecule has 3 heteroatoms. The summed E-state index contributed by atoms with van der Waals surface area (Å²) in [6.07, 6.45) is 2.65. The Morgan fingerprint density at radius 2 is 1.85 bits per heavy atom. The number of hydrogen-bond donors (Lipinski definition) is 1. The minimum atomic E-state index is 0.926. The van der Waals surface area contributed by atoms with Gasteiger partial charge in [0, 0.05) is 45.8 Å². The zero-order chi connectivity index (χ0) is 8.93. The molecule has 1 radical (unpaired) electrons. The van der Waals surface area contributed by atoms with Gasteiger partial charge in [-0.15, -0.1) is 0 Å². The lowest BCUT2D eigenvalue weighted by Crippen LogP contribution is -2.46. The maximum absolute atomic E-state index is 4.39. The molecule has 0 aromatic rings. The molecule has 0 aromatic carbocycles. The van der Waals surface area contributed by atoms with Crippen molar-refractivity contribution in [1.29, 1.82) is 0 Å². The van der Waals surface area contributed by atoms with Crippen molar-refractivity contribution in [3.05, 3.63) is 0 Å². The van der Waals surface area contributed by atoms with E-state index in [2.05, 4.69) is 15.5 Å². The van der Waals surface area contributed by atoms with E-state index < -0.39 is 0 Å². The molecule has 2 rings (SSSR count). The molecule has 2 aliphatic rings. The van der Waals surface area contributed by atoms with Crippen LogP contribution in [0.15, 0.2) is 0 Å². The van der Waals surface area contributed by atoms with E-state index in [4.69, 9.17) is 0 Å². The Balaban J connectivity index is 1.69. The van der Waals surface area contributed by atoms with Gasteiger partial charge in [-0.25, -0.2) is 5.32 Å². The van der Waals surface area contributed by atoms with Gasteiger partial charge in [-0.05, 0) is 18.8 Å². The lowest BCUT2D eigenvalue weighted by atomic mass is 9.97. The fourth-order valence-corrected chi connectivity index (χ4v) is 2.25. The van der Waals surface area contributed by atoms with Gasteiger partial charge in [0.25, 0.3) is 0 Å². The van der Waals surface area contributed by atoms with E-state index in [1.54, 1.807) is 0 Å². The van der Waals surface area contributed by atoms with Crippen molar-refractivity contribution < 1.29 is 0 Å². The molecular weight excluding hydrogens is 162 g/mol. The third-order valence-corrected chi connectivity index (χ3v) is 3.12. The number of piperidine rings is 1. The average molecular weight is 182 g/mol. The molecule has 0 aromatic heterocycles. The van der Waals surface area contributed by atoms with Crippen LogP contribution in [0.1, 0.15) is 12.8 Å². The van der Waals surface area contributed by atoms with Crippen LogP contribution in [-0.4, -0.2) is 50.7 Å². The zero-order valence-electron chi connectivity index (χ0n) is 8.34. The fraction of sp³-hybridized carbons (Fsp3) is 1.00. The SMILES string of the molecule is C1CC(CN2CCNCC2)CC[N]1. The summed E-state index contributed by atoms with van der Waals surface area (Å²) in [5, 5.41) is 7.78. The van der Waals surface area contributed by atoms with Crippen molar-refractivity contribution in [1.82, 2.24) is 15.5 Å². The Morgan fingerprint density at radius 1 is 1.15 bits per heavy atom. The molecule has 75 valence electrons. The van der Waals surface area contributed by atoms with E-state index in [0.717, 1.165) is 19.0 Å². The van der Waals surface area contributed by atoms with E-state index in [-0.39, 0.29) is 0 Å². The molecule has 2 aliphatic heterocycles. The van der Waals surface area contributed by atoms with Crippen LogP contribution in [0.5, 0.6) is 0 Å². The lowest BCUT2D eigenvalue weighted by Gasteiger charge is -2.32. The maximum atomic E-state index is 4.39. The van der Waals surface area contributed by atoms with Gasteiger partial charge in [0.1, 0.15) is 0 Å². The standard InChI is InChI=1S/C10H20N3/c1-3-11-4-2-10(1)9-13-7-5-12-6-8-13/h10,12H,1-9H2. The molecule has 2 fully saturated rings. The van der Waals surface area contributed by atoms with Gasteiger partial charge in [-0.1, -0.05) is 0 Å². The van der Waals surface area contributed by atoms with E-state index >= 15 is 0 Å². The van der Waals surface area contributed by atoms with E-state index in [0.29, 0.717) is 0 Å². The Kier molecular flexibility index (Phi) is 3.58. The van der Waals surface area contributed by atoms with Crippen LogP contribution in [-0.2, 0) is 0 Å². The molecule has 0 aliphatic carbocycles. The van der Waals surface area contributed by atoms with Gasteiger partial charge in [0.05, 0.1) is 0 Å². The van der Waals surface area contributed by atoms with Crippen molar-refractivity contribution in [2.75, 3.05) is 45.8 Å². The maximum Gasteiger partial charge on any atom is 0.0136 e. The fourth-order valence-electron chi connectivity index (χ4n) is 2.25. The van der Waals surface area contributed by atoms with Crippen LogP contribution in [0.25, 0.3) is 0 Å². The summed E-state index contributed by atoms with van der Waals surface area (Å²) in [4.78, 5) is 2.60. The third-order valence-electron chi connectivity index (χ3n) is 3.12. The average Bonchev–Trinajstić information content (AvgIpc) is 2.21.